The molecule has 2 rings (SSSR count). The molecule has 1 nitrogen and oxygen atoms in total. The Morgan fingerprint density at radius 2 is 1.93 bits per heavy atom. The largest absolute Gasteiger partial charge is 0.297 e. The van der Waals surface area contributed by atoms with Crippen LogP contribution in [0.2, 0.25) is 0 Å². The topological polar surface area (TPSA) is 3.24 Å². The van der Waals surface area contributed by atoms with Gasteiger partial charge in [-0.1, -0.05) is 26.0 Å². The second kappa shape index (κ2) is 3.69. The van der Waals surface area contributed by atoms with Crippen molar-refractivity contribution in [1.29, 1.82) is 0 Å². The van der Waals surface area contributed by atoms with Crippen molar-refractivity contribution in [3.05, 3.63) is 12.2 Å². The third kappa shape index (κ3) is 1.52. The number of allylic oxidation sites excluding steroid dienone is 1. The molecule has 1 aliphatic carbocycles. The summed E-state index contributed by atoms with van der Waals surface area (Å²) >= 11 is 0. The molecule has 0 aromatic heterocycles. The number of hydrogen-bond donors (Lipinski definition) is 0. The lowest BCUT2D eigenvalue weighted by Gasteiger charge is -2.33. The van der Waals surface area contributed by atoms with E-state index in [9.17, 15) is 0 Å². The van der Waals surface area contributed by atoms with Gasteiger partial charge in [-0.25, -0.2) is 0 Å². The first kappa shape index (κ1) is 10.2. The van der Waals surface area contributed by atoms with Gasteiger partial charge in [0.05, 0.1) is 0 Å². The Morgan fingerprint density at radius 3 is 2.50 bits per heavy atom. The fourth-order valence-corrected chi connectivity index (χ4v) is 3.36. The van der Waals surface area contributed by atoms with Gasteiger partial charge < -0.3 is 0 Å². The zero-order valence-corrected chi connectivity index (χ0v) is 9.90. The van der Waals surface area contributed by atoms with Crippen molar-refractivity contribution in [1.82, 2.24) is 4.90 Å². The maximum Gasteiger partial charge on any atom is 0.0158 e. The molecular formula is C13H23N. The molecule has 0 N–H and O–H groups in total. The fourth-order valence-electron chi connectivity index (χ4n) is 3.36. The molecule has 0 spiro atoms. The summed E-state index contributed by atoms with van der Waals surface area (Å²) in [6, 6.07) is 1.52. The predicted molar refractivity (Wildman–Crippen MR) is 61.2 cm³/mol. The zero-order valence-electron chi connectivity index (χ0n) is 9.90. The van der Waals surface area contributed by atoms with Gasteiger partial charge in [0.15, 0.2) is 0 Å². The quantitative estimate of drug-likeness (QED) is 0.609. The second-order valence-electron chi connectivity index (χ2n) is 5.52. The lowest BCUT2D eigenvalue weighted by molar-refractivity contribution is 0.141. The molecule has 1 heterocycles. The number of likely N-dealkylation sites (tertiary alicyclic amines) is 1. The minimum Gasteiger partial charge on any atom is -0.297 e. The SMILES string of the molecule is CC(C)C1C2CC=CC2CN1C(C)C. The van der Waals surface area contributed by atoms with Gasteiger partial charge in [-0.3, -0.25) is 4.90 Å². The second-order valence-corrected chi connectivity index (χ2v) is 5.52. The van der Waals surface area contributed by atoms with Gasteiger partial charge >= 0.3 is 0 Å². The Morgan fingerprint density at radius 1 is 1.21 bits per heavy atom. The van der Waals surface area contributed by atoms with Crippen LogP contribution < -0.4 is 0 Å². The highest BCUT2D eigenvalue weighted by atomic mass is 15.2. The third-order valence-electron chi connectivity index (χ3n) is 3.93. The van der Waals surface area contributed by atoms with Crippen LogP contribution in [-0.4, -0.2) is 23.5 Å². The van der Waals surface area contributed by atoms with Crippen LogP contribution >= 0.6 is 0 Å². The third-order valence-corrected chi connectivity index (χ3v) is 3.93. The van der Waals surface area contributed by atoms with Crippen molar-refractivity contribution in [3.63, 3.8) is 0 Å². The van der Waals surface area contributed by atoms with Gasteiger partial charge in [0.1, 0.15) is 0 Å². The summed E-state index contributed by atoms with van der Waals surface area (Å²) in [6.07, 6.45) is 6.15. The minimum absolute atomic E-state index is 0.710. The fraction of sp³-hybridized carbons (Fsp3) is 0.846. The van der Waals surface area contributed by atoms with Crippen molar-refractivity contribution < 1.29 is 0 Å². The first-order chi connectivity index (χ1) is 6.61. The molecule has 1 heteroatoms. The van der Waals surface area contributed by atoms with E-state index < -0.39 is 0 Å². The van der Waals surface area contributed by atoms with Gasteiger partial charge in [-0.2, -0.15) is 0 Å². The average Bonchev–Trinajstić information content (AvgIpc) is 2.58. The van der Waals surface area contributed by atoms with E-state index in [2.05, 4.69) is 44.7 Å². The van der Waals surface area contributed by atoms with E-state index >= 15 is 0 Å². The highest BCUT2D eigenvalue weighted by molar-refractivity contribution is 5.11. The van der Waals surface area contributed by atoms with Crippen molar-refractivity contribution in [3.8, 4) is 0 Å². The summed E-state index contributed by atoms with van der Waals surface area (Å²) in [7, 11) is 0. The highest BCUT2D eigenvalue weighted by Crippen LogP contribution is 2.41. The Balaban J connectivity index is 2.16. The zero-order chi connectivity index (χ0) is 10.3. The average molecular weight is 193 g/mol. The molecule has 80 valence electrons. The van der Waals surface area contributed by atoms with E-state index in [4.69, 9.17) is 0 Å². The summed E-state index contributed by atoms with van der Waals surface area (Å²) < 4.78 is 0. The smallest absolute Gasteiger partial charge is 0.0158 e. The first-order valence-electron chi connectivity index (χ1n) is 6.03. The van der Waals surface area contributed by atoms with Crippen molar-refractivity contribution in [2.24, 2.45) is 17.8 Å². The summed E-state index contributed by atoms with van der Waals surface area (Å²) in [4.78, 5) is 2.71. The number of hydrogen-bond acceptors (Lipinski definition) is 1. The molecule has 3 atom stereocenters. The number of fused-ring (bicyclic) bond motifs is 1. The van der Waals surface area contributed by atoms with Gasteiger partial charge in [0, 0.05) is 18.6 Å². The van der Waals surface area contributed by atoms with E-state index in [0.29, 0.717) is 6.04 Å². The first-order valence-corrected chi connectivity index (χ1v) is 6.03. The maximum absolute atomic E-state index is 2.71. The molecule has 0 aromatic rings. The normalized spacial score (nSPS) is 37.4. The predicted octanol–water partition coefficient (Wildman–Crippen LogP) is 2.93. The van der Waals surface area contributed by atoms with E-state index in [0.717, 1.165) is 23.8 Å². The number of rotatable bonds is 2. The molecular weight excluding hydrogens is 170 g/mol. The summed E-state index contributed by atoms with van der Waals surface area (Å²) in [5, 5.41) is 0. The lowest BCUT2D eigenvalue weighted by atomic mass is 9.86. The monoisotopic (exact) mass is 193 g/mol. The molecule has 0 saturated carbocycles. The molecule has 1 saturated heterocycles. The maximum atomic E-state index is 2.71. The van der Waals surface area contributed by atoms with Crippen LogP contribution in [-0.2, 0) is 0 Å². The van der Waals surface area contributed by atoms with Crippen molar-refractivity contribution in [2.75, 3.05) is 6.54 Å². The molecule has 3 unspecified atom stereocenters. The van der Waals surface area contributed by atoms with Gasteiger partial charge in [-0.15, -0.1) is 0 Å². The Bertz CT molecular complexity index is 229. The van der Waals surface area contributed by atoms with Crippen LogP contribution in [0.3, 0.4) is 0 Å². The molecule has 0 aromatic carbocycles. The van der Waals surface area contributed by atoms with Crippen LogP contribution in [0.4, 0.5) is 0 Å². The van der Waals surface area contributed by atoms with Gasteiger partial charge in [0.25, 0.3) is 0 Å². The van der Waals surface area contributed by atoms with E-state index in [-0.39, 0.29) is 0 Å². The van der Waals surface area contributed by atoms with Crippen LogP contribution in [0.5, 0.6) is 0 Å². The van der Waals surface area contributed by atoms with Crippen LogP contribution in [0.25, 0.3) is 0 Å². The van der Waals surface area contributed by atoms with E-state index in [1.54, 1.807) is 0 Å². The van der Waals surface area contributed by atoms with Crippen LogP contribution in [0, 0.1) is 17.8 Å². The lowest BCUT2D eigenvalue weighted by Crippen LogP contribution is -2.41. The minimum atomic E-state index is 0.710. The molecule has 0 amide bonds. The van der Waals surface area contributed by atoms with Crippen molar-refractivity contribution >= 4 is 0 Å². The van der Waals surface area contributed by atoms with E-state index in [1.165, 1.54) is 13.0 Å². The summed E-state index contributed by atoms with van der Waals surface area (Å²) in [5.41, 5.74) is 0. The Labute approximate surface area is 88.2 Å². The molecule has 1 fully saturated rings. The number of nitrogens with zero attached hydrogens (tertiary/aromatic N) is 1. The van der Waals surface area contributed by atoms with Crippen molar-refractivity contribution in [2.45, 2.75) is 46.2 Å². The van der Waals surface area contributed by atoms with Gasteiger partial charge in [0.2, 0.25) is 0 Å². The molecule has 1 aliphatic heterocycles. The highest BCUT2D eigenvalue weighted by Gasteiger charge is 2.43. The Kier molecular flexibility index (Phi) is 2.70. The molecule has 2 aliphatic rings. The molecule has 0 bridgehead atoms. The molecule has 0 radical (unpaired) electrons. The van der Waals surface area contributed by atoms with Crippen LogP contribution in [0.1, 0.15) is 34.1 Å². The van der Waals surface area contributed by atoms with E-state index in [1.807, 2.05) is 0 Å². The molecule has 14 heavy (non-hydrogen) atoms. The Hall–Kier alpha value is -0.300. The summed E-state index contributed by atoms with van der Waals surface area (Å²) in [5.74, 6) is 2.56. The van der Waals surface area contributed by atoms with Gasteiger partial charge in [-0.05, 0) is 38.0 Å². The van der Waals surface area contributed by atoms with Crippen LogP contribution in [0.15, 0.2) is 12.2 Å². The summed E-state index contributed by atoms with van der Waals surface area (Å²) in [6.45, 7) is 10.7. The standard InChI is InChI=1S/C13H23N/c1-9(2)13-12-7-5-6-11(12)8-14(13)10(3)4/h5-6,9-13H,7-8H2,1-4H3.